The number of halogens is 1. The Balaban J connectivity index is 2.21. The maximum Gasteiger partial charge on any atom is 0.132 e. The number of fused-ring (bicyclic) bond motifs is 1. The Kier molecular flexibility index (Phi) is 3.62. The van der Waals surface area contributed by atoms with E-state index in [-0.39, 0.29) is 11.4 Å². The molecule has 0 fully saturated rings. The summed E-state index contributed by atoms with van der Waals surface area (Å²) in [5.41, 5.74) is 1.96. The van der Waals surface area contributed by atoms with Gasteiger partial charge in [0.05, 0.1) is 5.52 Å². The first-order valence-corrected chi connectivity index (χ1v) is 6.24. The average Bonchev–Trinajstić information content (AvgIpc) is 2.31. The van der Waals surface area contributed by atoms with Crippen molar-refractivity contribution < 1.29 is 4.39 Å². The fourth-order valence-corrected chi connectivity index (χ4v) is 1.97. The predicted octanol–water partition coefficient (Wildman–Crippen LogP) is 3.30. The van der Waals surface area contributed by atoms with E-state index < -0.39 is 0 Å². The highest BCUT2D eigenvalue weighted by Crippen LogP contribution is 2.19. The lowest BCUT2D eigenvalue weighted by atomic mass is 10.0. The SMILES string of the molecule is CC(C)(C)NCCc1ccc(F)c2cccnc12. The fourth-order valence-electron chi connectivity index (χ4n) is 1.97. The van der Waals surface area contributed by atoms with Crippen molar-refractivity contribution in [2.45, 2.75) is 32.7 Å². The number of nitrogens with zero attached hydrogens (tertiary/aromatic N) is 1. The van der Waals surface area contributed by atoms with E-state index in [0.29, 0.717) is 5.39 Å². The van der Waals surface area contributed by atoms with Crippen LogP contribution in [0.5, 0.6) is 0 Å². The molecule has 2 aromatic rings. The molecule has 96 valence electrons. The van der Waals surface area contributed by atoms with Crippen LogP contribution in [-0.2, 0) is 6.42 Å². The minimum Gasteiger partial charge on any atom is -0.312 e. The van der Waals surface area contributed by atoms with Crippen molar-refractivity contribution in [3.05, 3.63) is 41.8 Å². The molecule has 3 heteroatoms. The highest BCUT2D eigenvalue weighted by Gasteiger charge is 2.10. The van der Waals surface area contributed by atoms with E-state index >= 15 is 0 Å². The van der Waals surface area contributed by atoms with Gasteiger partial charge in [-0.3, -0.25) is 4.98 Å². The average molecular weight is 246 g/mol. The first-order valence-electron chi connectivity index (χ1n) is 6.24. The molecule has 1 aromatic carbocycles. The molecule has 2 rings (SSSR count). The molecule has 1 N–H and O–H groups in total. The molecular weight excluding hydrogens is 227 g/mol. The van der Waals surface area contributed by atoms with Gasteiger partial charge < -0.3 is 5.32 Å². The quantitative estimate of drug-likeness (QED) is 0.898. The van der Waals surface area contributed by atoms with Crippen molar-refractivity contribution in [2.24, 2.45) is 0 Å². The van der Waals surface area contributed by atoms with E-state index in [2.05, 4.69) is 31.1 Å². The van der Waals surface area contributed by atoms with Crippen LogP contribution in [0.2, 0.25) is 0 Å². The van der Waals surface area contributed by atoms with Crippen molar-refractivity contribution >= 4 is 10.9 Å². The molecule has 0 radical (unpaired) electrons. The van der Waals surface area contributed by atoms with Crippen LogP contribution >= 0.6 is 0 Å². The molecular formula is C15H19FN2. The van der Waals surface area contributed by atoms with Crippen LogP contribution in [0.1, 0.15) is 26.3 Å². The molecule has 1 heterocycles. The molecule has 0 saturated heterocycles. The third kappa shape index (κ3) is 3.05. The zero-order valence-corrected chi connectivity index (χ0v) is 11.1. The van der Waals surface area contributed by atoms with Crippen LogP contribution in [0.3, 0.4) is 0 Å². The molecule has 0 aliphatic rings. The van der Waals surface area contributed by atoms with Gasteiger partial charge >= 0.3 is 0 Å². The normalized spacial score (nSPS) is 12.0. The molecule has 0 spiro atoms. The van der Waals surface area contributed by atoms with Gasteiger partial charge in [0.1, 0.15) is 5.82 Å². The number of hydrogen-bond acceptors (Lipinski definition) is 2. The van der Waals surface area contributed by atoms with E-state index in [0.717, 1.165) is 24.0 Å². The molecule has 0 aliphatic carbocycles. The summed E-state index contributed by atoms with van der Waals surface area (Å²) in [6.45, 7) is 7.26. The largest absolute Gasteiger partial charge is 0.312 e. The van der Waals surface area contributed by atoms with Crippen LogP contribution in [0.15, 0.2) is 30.5 Å². The maximum absolute atomic E-state index is 13.6. The van der Waals surface area contributed by atoms with Crippen molar-refractivity contribution in [2.75, 3.05) is 6.54 Å². The molecule has 0 amide bonds. The number of pyridine rings is 1. The molecule has 0 unspecified atom stereocenters. The van der Waals surface area contributed by atoms with E-state index in [1.165, 1.54) is 6.07 Å². The molecule has 0 saturated carbocycles. The van der Waals surface area contributed by atoms with Gasteiger partial charge in [-0.1, -0.05) is 6.07 Å². The fraction of sp³-hybridized carbons (Fsp3) is 0.400. The van der Waals surface area contributed by atoms with Gasteiger partial charge in [-0.25, -0.2) is 4.39 Å². The maximum atomic E-state index is 13.6. The minimum atomic E-state index is -0.203. The Morgan fingerprint density at radius 2 is 2.00 bits per heavy atom. The molecule has 0 aliphatic heterocycles. The second-order valence-electron chi connectivity index (χ2n) is 5.53. The van der Waals surface area contributed by atoms with Crippen LogP contribution in [0.25, 0.3) is 10.9 Å². The second-order valence-corrected chi connectivity index (χ2v) is 5.53. The van der Waals surface area contributed by atoms with Crippen molar-refractivity contribution in [1.29, 1.82) is 0 Å². The summed E-state index contributed by atoms with van der Waals surface area (Å²) >= 11 is 0. The minimum absolute atomic E-state index is 0.100. The number of aromatic nitrogens is 1. The topological polar surface area (TPSA) is 24.9 Å². The van der Waals surface area contributed by atoms with Gasteiger partial charge in [-0.2, -0.15) is 0 Å². The first-order chi connectivity index (χ1) is 8.47. The summed E-state index contributed by atoms with van der Waals surface area (Å²) in [4.78, 5) is 4.29. The standard InChI is InChI=1S/C15H19FN2/c1-15(2,3)18-10-8-11-6-7-13(16)12-5-4-9-17-14(11)12/h4-7,9,18H,8,10H2,1-3H3. The van der Waals surface area contributed by atoms with Crippen LogP contribution in [0, 0.1) is 5.82 Å². The van der Waals surface area contributed by atoms with Gasteiger partial charge in [-0.15, -0.1) is 0 Å². The smallest absolute Gasteiger partial charge is 0.132 e. The van der Waals surface area contributed by atoms with E-state index in [9.17, 15) is 4.39 Å². The number of hydrogen-bond donors (Lipinski definition) is 1. The van der Waals surface area contributed by atoms with E-state index in [4.69, 9.17) is 0 Å². The third-order valence-electron chi connectivity index (χ3n) is 2.85. The van der Waals surface area contributed by atoms with Gasteiger partial charge in [0.15, 0.2) is 0 Å². The number of nitrogens with one attached hydrogen (secondary N) is 1. The summed E-state index contributed by atoms with van der Waals surface area (Å²) < 4.78 is 13.6. The Morgan fingerprint density at radius 1 is 1.22 bits per heavy atom. The summed E-state index contributed by atoms with van der Waals surface area (Å²) in [6, 6.07) is 6.90. The Morgan fingerprint density at radius 3 is 2.72 bits per heavy atom. The van der Waals surface area contributed by atoms with E-state index in [1.54, 1.807) is 18.3 Å². The van der Waals surface area contributed by atoms with Crippen LogP contribution in [0.4, 0.5) is 4.39 Å². The van der Waals surface area contributed by atoms with Crippen molar-refractivity contribution in [3.63, 3.8) is 0 Å². The predicted molar refractivity (Wildman–Crippen MR) is 73.2 cm³/mol. The van der Waals surface area contributed by atoms with Gasteiger partial charge in [0.2, 0.25) is 0 Å². The number of rotatable bonds is 3. The molecule has 18 heavy (non-hydrogen) atoms. The van der Waals surface area contributed by atoms with Crippen molar-refractivity contribution in [1.82, 2.24) is 10.3 Å². The van der Waals surface area contributed by atoms with Gasteiger partial charge in [0, 0.05) is 17.1 Å². The van der Waals surface area contributed by atoms with Crippen molar-refractivity contribution in [3.8, 4) is 0 Å². The molecule has 0 atom stereocenters. The van der Waals surface area contributed by atoms with Crippen LogP contribution in [-0.4, -0.2) is 17.1 Å². The summed E-state index contributed by atoms with van der Waals surface area (Å²) in [5, 5.41) is 4.03. The molecule has 1 aromatic heterocycles. The lowest BCUT2D eigenvalue weighted by molar-refractivity contribution is 0.429. The summed E-state index contributed by atoms with van der Waals surface area (Å²) in [7, 11) is 0. The Hall–Kier alpha value is -1.48. The molecule has 0 bridgehead atoms. The van der Waals surface area contributed by atoms with Gasteiger partial charge in [-0.05, 0) is 57.5 Å². The summed E-state index contributed by atoms with van der Waals surface area (Å²) in [5.74, 6) is -0.203. The third-order valence-corrected chi connectivity index (χ3v) is 2.85. The lowest BCUT2D eigenvalue weighted by Crippen LogP contribution is -2.37. The molecule has 2 nitrogen and oxygen atoms in total. The Bertz CT molecular complexity index is 544. The second kappa shape index (κ2) is 5.02. The zero-order valence-electron chi connectivity index (χ0n) is 11.1. The summed E-state index contributed by atoms with van der Waals surface area (Å²) in [6.07, 6.45) is 2.56. The lowest BCUT2D eigenvalue weighted by Gasteiger charge is -2.20. The highest BCUT2D eigenvalue weighted by atomic mass is 19.1. The monoisotopic (exact) mass is 246 g/mol. The highest BCUT2D eigenvalue weighted by molar-refractivity contribution is 5.82. The van der Waals surface area contributed by atoms with Crippen LogP contribution < -0.4 is 5.32 Å². The zero-order chi connectivity index (χ0) is 13.2. The first kappa shape index (κ1) is 13.0. The van der Waals surface area contributed by atoms with Gasteiger partial charge in [0.25, 0.3) is 0 Å². The number of benzene rings is 1. The Labute approximate surface area is 107 Å². The van der Waals surface area contributed by atoms with E-state index in [1.807, 2.05) is 6.07 Å².